The summed E-state index contributed by atoms with van der Waals surface area (Å²) in [6, 6.07) is 8.75. The predicted molar refractivity (Wildman–Crippen MR) is 115 cm³/mol. The Kier molecular flexibility index (Phi) is 4.67. The third kappa shape index (κ3) is 3.06. The van der Waals surface area contributed by atoms with Gasteiger partial charge in [0.05, 0.1) is 19.5 Å². The highest BCUT2D eigenvalue weighted by Gasteiger charge is 2.22. The van der Waals surface area contributed by atoms with Gasteiger partial charge in [-0.05, 0) is 25.0 Å². The van der Waals surface area contributed by atoms with E-state index in [1.54, 1.807) is 0 Å². The van der Waals surface area contributed by atoms with E-state index in [9.17, 15) is 0 Å². The van der Waals surface area contributed by atoms with Crippen molar-refractivity contribution in [2.75, 3.05) is 31.2 Å². The molecule has 7 heteroatoms. The van der Waals surface area contributed by atoms with Crippen molar-refractivity contribution in [2.45, 2.75) is 32.7 Å². The Hall–Kier alpha value is -2.93. The van der Waals surface area contributed by atoms with Crippen LogP contribution in [0.15, 0.2) is 36.8 Å². The Morgan fingerprint density at radius 2 is 1.93 bits per heavy atom. The number of ether oxygens (including phenoxy) is 1. The molecule has 7 nitrogen and oxygen atoms in total. The average Bonchev–Trinajstić information content (AvgIpc) is 3.42. The number of aromatic nitrogens is 5. The molecular weight excluding hydrogens is 364 g/mol. The molecule has 4 heterocycles. The fourth-order valence-corrected chi connectivity index (χ4v) is 4.24. The molecule has 0 radical (unpaired) electrons. The number of H-pyrrole nitrogens is 1. The lowest BCUT2D eigenvalue weighted by Gasteiger charge is -2.27. The molecule has 1 aromatic carbocycles. The van der Waals surface area contributed by atoms with Gasteiger partial charge in [0, 0.05) is 41.8 Å². The lowest BCUT2D eigenvalue weighted by molar-refractivity contribution is 0.122. The molecule has 0 bridgehead atoms. The number of nitrogens with zero attached hydrogens (tertiary/aromatic N) is 5. The van der Waals surface area contributed by atoms with Crippen molar-refractivity contribution in [3.05, 3.63) is 36.8 Å². The quantitative estimate of drug-likeness (QED) is 0.554. The Morgan fingerprint density at radius 3 is 2.72 bits per heavy atom. The van der Waals surface area contributed by atoms with E-state index in [4.69, 9.17) is 19.7 Å². The minimum atomic E-state index is 0.378. The van der Waals surface area contributed by atoms with Crippen molar-refractivity contribution >= 4 is 28.0 Å². The third-order valence-electron chi connectivity index (χ3n) is 5.89. The van der Waals surface area contributed by atoms with E-state index in [2.05, 4.69) is 52.6 Å². The highest BCUT2D eigenvalue weighted by molar-refractivity contribution is 6.00. The number of anilines is 1. The molecule has 0 amide bonds. The monoisotopic (exact) mass is 390 g/mol. The van der Waals surface area contributed by atoms with Crippen LogP contribution in [0.1, 0.15) is 32.7 Å². The Balaban J connectivity index is 1.76. The molecule has 1 saturated heterocycles. The topological polar surface area (TPSA) is 71.9 Å². The van der Waals surface area contributed by atoms with Crippen LogP contribution in [-0.2, 0) is 4.74 Å². The first-order valence-corrected chi connectivity index (χ1v) is 10.4. The number of fused-ring (bicyclic) bond motifs is 2. The van der Waals surface area contributed by atoms with Gasteiger partial charge in [-0.2, -0.15) is 4.98 Å². The molecule has 3 aromatic heterocycles. The van der Waals surface area contributed by atoms with Gasteiger partial charge in [0.2, 0.25) is 5.95 Å². The summed E-state index contributed by atoms with van der Waals surface area (Å²) in [6.45, 7) is 7.44. The van der Waals surface area contributed by atoms with Gasteiger partial charge in [0.1, 0.15) is 11.2 Å². The van der Waals surface area contributed by atoms with E-state index < -0.39 is 0 Å². The van der Waals surface area contributed by atoms with Crippen molar-refractivity contribution in [3.63, 3.8) is 0 Å². The zero-order chi connectivity index (χ0) is 19.8. The molecule has 0 spiro atoms. The first-order valence-electron chi connectivity index (χ1n) is 10.4. The van der Waals surface area contributed by atoms with Gasteiger partial charge in [-0.1, -0.05) is 26.0 Å². The van der Waals surface area contributed by atoms with E-state index in [0.717, 1.165) is 65.2 Å². The number of morpholine rings is 1. The van der Waals surface area contributed by atoms with Crippen LogP contribution >= 0.6 is 0 Å². The summed E-state index contributed by atoms with van der Waals surface area (Å²) in [5, 5.41) is 1.15. The van der Waals surface area contributed by atoms with Gasteiger partial charge in [0.25, 0.3) is 0 Å². The molecule has 0 saturated carbocycles. The van der Waals surface area contributed by atoms with Gasteiger partial charge < -0.3 is 19.2 Å². The van der Waals surface area contributed by atoms with E-state index in [-0.39, 0.29) is 0 Å². The zero-order valence-corrected chi connectivity index (χ0v) is 16.9. The summed E-state index contributed by atoms with van der Waals surface area (Å²) < 4.78 is 7.76. The second kappa shape index (κ2) is 7.48. The van der Waals surface area contributed by atoms with Gasteiger partial charge >= 0.3 is 0 Å². The molecule has 150 valence electrons. The molecule has 1 aliphatic rings. The predicted octanol–water partition coefficient (Wildman–Crippen LogP) is 4.17. The fourth-order valence-electron chi connectivity index (χ4n) is 4.24. The second-order valence-corrected chi connectivity index (χ2v) is 7.51. The van der Waals surface area contributed by atoms with E-state index in [1.165, 1.54) is 0 Å². The van der Waals surface area contributed by atoms with Crippen LogP contribution in [-0.4, -0.2) is 50.8 Å². The van der Waals surface area contributed by atoms with Crippen LogP contribution in [0.25, 0.3) is 33.3 Å². The lowest BCUT2D eigenvalue weighted by Crippen LogP contribution is -2.37. The minimum absolute atomic E-state index is 0.378. The summed E-state index contributed by atoms with van der Waals surface area (Å²) >= 11 is 0. The fraction of sp³-hybridized carbons (Fsp3) is 0.409. The number of rotatable bonds is 5. The van der Waals surface area contributed by atoms with Crippen molar-refractivity contribution in [2.24, 2.45) is 0 Å². The maximum Gasteiger partial charge on any atom is 0.228 e. The lowest BCUT2D eigenvalue weighted by atomic mass is 10.1. The molecule has 1 N–H and O–H groups in total. The summed E-state index contributed by atoms with van der Waals surface area (Å²) in [5.41, 5.74) is 4.86. The Labute approximate surface area is 169 Å². The van der Waals surface area contributed by atoms with Crippen LogP contribution in [0.5, 0.6) is 0 Å². The first-order chi connectivity index (χ1) is 14.3. The third-order valence-corrected chi connectivity index (χ3v) is 5.89. The number of hydrogen-bond acceptors (Lipinski definition) is 5. The standard InChI is InChI=1S/C22H26N6O/c1-3-15(4-2)28-14-24-20-19(17-6-5-7-18-16(17)8-9-23-18)25-22(26-21(20)28)27-10-12-29-13-11-27/h5-9,14-15,23H,3-4,10-13H2,1-2H3. The number of aromatic amines is 1. The molecule has 1 fully saturated rings. The minimum Gasteiger partial charge on any atom is -0.378 e. The molecular formula is C22H26N6O. The van der Waals surface area contributed by atoms with Crippen LogP contribution in [0.3, 0.4) is 0 Å². The van der Waals surface area contributed by atoms with E-state index in [0.29, 0.717) is 19.3 Å². The normalized spacial score (nSPS) is 15.1. The molecule has 5 rings (SSSR count). The number of nitrogens with one attached hydrogen (secondary N) is 1. The van der Waals surface area contributed by atoms with E-state index >= 15 is 0 Å². The smallest absolute Gasteiger partial charge is 0.228 e. The number of benzene rings is 1. The summed E-state index contributed by atoms with van der Waals surface area (Å²) in [4.78, 5) is 20.3. The molecule has 4 aromatic rings. The zero-order valence-electron chi connectivity index (χ0n) is 16.9. The Bertz CT molecular complexity index is 1140. The van der Waals surface area contributed by atoms with Crippen molar-refractivity contribution in [1.29, 1.82) is 0 Å². The summed E-state index contributed by atoms with van der Waals surface area (Å²) in [7, 11) is 0. The van der Waals surface area contributed by atoms with Crippen molar-refractivity contribution in [3.8, 4) is 11.3 Å². The summed E-state index contributed by atoms with van der Waals surface area (Å²) in [6.07, 6.45) is 5.99. The second-order valence-electron chi connectivity index (χ2n) is 7.51. The molecule has 29 heavy (non-hydrogen) atoms. The average molecular weight is 390 g/mol. The van der Waals surface area contributed by atoms with Crippen molar-refractivity contribution in [1.82, 2.24) is 24.5 Å². The van der Waals surface area contributed by atoms with Crippen LogP contribution in [0.2, 0.25) is 0 Å². The number of hydrogen-bond donors (Lipinski definition) is 1. The highest BCUT2D eigenvalue weighted by Crippen LogP contribution is 2.34. The molecule has 0 atom stereocenters. The van der Waals surface area contributed by atoms with Crippen LogP contribution < -0.4 is 4.90 Å². The molecule has 0 aliphatic carbocycles. The van der Waals surface area contributed by atoms with Crippen LogP contribution in [0, 0.1) is 0 Å². The van der Waals surface area contributed by atoms with E-state index in [1.807, 2.05) is 12.5 Å². The van der Waals surface area contributed by atoms with Crippen LogP contribution in [0.4, 0.5) is 5.95 Å². The Morgan fingerprint density at radius 1 is 1.10 bits per heavy atom. The van der Waals surface area contributed by atoms with Crippen molar-refractivity contribution < 1.29 is 4.74 Å². The maximum atomic E-state index is 5.53. The number of imidazole rings is 1. The SMILES string of the molecule is CCC(CC)n1cnc2c(-c3cccc4[nH]ccc34)nc(N3CCOCC3)nc21. The summed E-state index contributed by atoms with van der Waals surface area (Å²) in [5.74, 6) is 0.760. The molecule has 0 unspecified atom stereocenters. The molecule has 1 aliphatic heterocycles. The van der Waals surface area contributed by atoms with Gasteiger partial charge in [-0.3, -0.25) is 0 Å². The van der Waals surface area contributed by atoms with Gasteiger partial charge in [-0.15, -0.1) is 0 Å². The van der Waals surface area contributed by atoms with Gasteiger partial charge in [-0.25, -0.2) is 9.97 Å². The highest BCUT2D eigenvalue weighted by atomic mass is 16.5. The van der Waals surface area contributed by atoms with Gasteiger partial charge in [0.15, 0.2) is 5.65 Å². The first kappa shape index (κ1) is 18.1. The maximum absolute atomic E-state index is 5.53. The largest absolute Gasteiger partial charge is 0.378 e.